The number of carbonyl (C=O) groups is 3. The van der Waals surface area contributed by atoms with Gasteiger partial charge >= 0.3 is 18.1 Å². The number of alkyl halides is 3. The maximum Gasteiger partial charge on any atom is 0.418 e. The smallest absolute Gasteiger partial charge is 0.418 e. The Morgan fingerprint density at radius 3 is 2.04 bits per heavy atom. The first-order chi connectivity index (χ1) is 12.5. The minimum Gasteiger partial charge on any atom is -0.473 e. The highest BCUT2D eigenvalue weighted by Crippen LogP contribution is 2.34. The number of amides is 1. The number of halogens is 3. The van der Waals surface area contributed by atoms with Crippen LogP contribution in [0, 0.1) is 0 Å². The van der Waals surface area contributed by atoms with E-state index in [-0.39, 0.29) is 12.2 Å². The molecule has 0 radical (unpaired) electrons. The summed E-state index contributed by atoms with van der Waals surface area (Å²) in [6.07, 6.45) is -4.47. The van der Waals surface area contributed by atoms with Crippen molar-refractivity contribution in [3.63, 3.8) is 0 Å². The number of benzene rings is 1. The Kier molecular flexibility index (Phi) is 8.19. The summed E-state index contributed by atoms with van der Waals surface area (Å²) in [5.74, 6) is -4.07. The monoisotopic (exact) mass is 391 g/mol. The number of carboxylic acids is 2. The number of carboxylic acid groups (broad SMARTS) is 2. The molecule has 1 heterocycles. The molecule has 1 aromatic rings. The van der Waals surface area contributed by atoms with E-state index in [1.54, 1.807) is 0 Å². The van der Waals surface area contributed by atoms with Crippen molar-refractivity contribution < 1.29 is 37.8 Å². The zero-order valence-corrected chi connectivity index (χ0v) is 14.5. The highest BCUT2D eigenvalue weighted by Gasteiger charge is 2.33. The lowest BCUT2D eigenvalue weighted by Gasteiger charge is -2.31. The van der Waals surface area contributed by atoms with Gasteiger partial charge in [0.25, 0.3) is 0 Å². The molecule has 8 nitrogen and oxygen atoms in total. The van der Waals surface area contributed by atoms with Crippen molar-refractivity contribution >= 4 is 23.5 Å². The molecule has 11 heteroatoms. The lowest BCUT2D eigenvalue weighted by atomic mass is 10.1. The summed E-state index contributed by atoms with van der Waals surface area (Å²) in [6.45, 7) is 3.30. The number of anilines is 1. The highest BCUT2D eigenvalue weighted by atomic mass is 19.4. The molecule has 150 valence electrons. The number of likely N-dealkylation sites (N-methyl/N-ethyl adjacent to an activating group) is 1. The summed E-state index contributed by atoms with van der Waals surface area (Å²) in [4.78, 5) is 34.2. The molecule has 1 aliphatic rings. The minimum atomic E-state index is -4.47. The number of para-hydroxylation sites is 1. The van der Waals surface area contributed by atoms with Crippen LogP contribution in [0.25, 0.3) is 0 Å². The van der Waals surface area contributed by atoms with Gasteiger partial charge in [0.2, 0.25) is 5.91 Å². The second-order valence-electron chi connectivity index (χ2n) is 5.78. The number of hydrogen-bond donors (Lipinski definition) is 3. The Bertz CT molecular complexity index is 662. The zero-order chi connectivity index (χ0) is 20.6. The minimum absolute atomic E-state index is 0.111. The summed E-state index contributed by atoms with van der Waals surface area (Å²) in [7, 11) is 2.00. The van der Waals surface area contributed by atoms with Crippen molar-refractivity contribution in [2.75, 3.05) is 45.1 Å². The first-order valence-corrected chi connectivity index (χ1v) is 7.84. The number of piperazine rings is 1. The Labute approximate surface area is 153 Å². The van der Waals surface area contributed by atoms with Crippen LogP contribution >= 0.6 is 0 Å². The Hall–Kier alpha value is -2.66. The molecular formula is C16H20F3N3O5. The predicted octanol–water partition coefficient (Wildman–Crippen LogP) is 1.05. The summed E-state index contributed by atoms with van der Waals surface area (Å²) in [5, 5.41) is 17.1. The van der Waals surface area contributed by atoms with Crippen LogP contribution in [-0.4, -0.2) is 77.6 Å². The molecule has 1 amide bonds. The normalized spacial score (nSPS) is 15.4. The van der Waals surface area contributed by atoms with E-state index < -0.39 is 29.6 Å². The molecule has 1 fully saturated rings. The maximum absolute atomic E-state index is 12.8. The van der Waals surface area contributed by atoms with Crippen LogP contribution < -0.4 is 5.32 Å². The summed E-state index contributed by atoms with van der Waals surface area (Å²) >= 11 is 0. The molecule has 0 spiro atoms. The number of nitrogens with one attached hydrogen (secondary N) is 1. The molecule has 0 bridgehead atoms. The molecule has 0 aromatic heterocycles. The lowest BCUT2D eigenvalue weighted by Crippen LogP contribution is -2.47. The average molecular weight is 391 g/mol. The third-order valence-electron chi connectivity index (χ3n) is 3.65. The number of carbonyl (C=O) groups excluding carboxylic acids is 1. The van der Waals surface area contributed by atoms with E-state index in [0.717, 1.165) is 32.2 Å². The van der Waals surface area contributed by atoms with E-state index in [1.807, 2.05) is 11.9 Å². The standard InChI is InChI=1S/C14H18F3N3O.C2H2O4/c1-19-6-8-20(9-7-19)10-13(21)18-12-5-3-2-4-11(12)14(15,16)17;3-1(4)2(5)6/h2-5H,6-10H2,1H3,(H,18,21);(H,3,4)(H,5,6). The fraction of sp³-hybridized carbons (Fsp3) is 0.438. The van der Waals surface area contributed by atoms with Gasteiger partial charge in [-0.05, 0) is 19.2 Å². The molecule has 3 N–H and O–H groups in total. The molecule has 0 aliphatic carbocycles. The maximum atomic E-state index is 12.8. The van der Waals surface area contributed by atoms with E-state index in [4.69, 9.17) is 19.8 Å². The van der Waals surface area contributed by atoms with Gasteiger partial charge in [-0.3, -0.25) is 9.69 Å². The predicted molar refractivity (Wildman–Crippen MR) is 89.3 cm³/mol. The van der Waals surface area contributed by atoms with Gasteiger partial charge < -0.3 is 20.4 Å². The zero-order valence-electron chi connectivity index (χ0n) is 14.5. The van der Waals surface area contributed by atoms with Crippen molar-refractivity contribution in [3.05, 3.63) is 29.8 Å². The number of nitrogens with zero attached hydrogens (tertiary/aromatic N) is 2. The number of hydrogen-bond acceptors (Lipinski definition) is 5. The summed E-state index contributed by atoms with van der Waals surface area (Å²) < 4.78 is 38.5. The summed E-state index contributed by atoms with van der Waals surface area (Å²) in [5.41, 5.74) is -1.01. The van der Waals surface area contributed by atoms with E-state index >= 15 is 0 Å². The lowest BCUT2D eigenvalue weighted by molar-refractivity contribution is -0.159. The van der Waals surface area contributed by atoms with Crippen molar-refractivity contribution in [2.24, 2.45) is 0 Å². The average Bonchev–Trinajstić information content (AvgIpc) is 2.57. The first kappa shape index (κ1) is 22.4. The summed E-state index contributed by atoms with van der Waals surface area (Å²) in [6, 6.07) is 5.01. The van der Waals surface area contributed by atoms with Crippen molar-refractivity contribution in [1.82, 2.24) is 9.80 Å². The van der Waals surface area contributed by atoms with E-state index in [1.165, 1.54) is 18.2 Å². The largest absolute Gasteiger partial charge is 0.473 e. The molecule has 0 unspecified atom stereocenters. The Balaban J connectivity index is 0.000000527. The first-order valence-electron chi connectivity index (χ1n) is 7.84. The molecular weight excluding hydrogens is 371 g/mol. The van der Waals surface area contributed by atoms with Gasteiger partial charge in [-0.25, -0.2) is 9.59 Å². The second-order valence-corrected chi connectivity index (χ2v) is 5.78. The van der Waals surface area contributed by atoms with Gasteiger partial charge in [0.15, 0.2) is 0 Å². The van der Waals surface area contributed by atoms with Crippen LogP contribution in [0.3, 0.4) is 0 Å². The molecule has 0 saturated carbocycles. The third kappa shape index (κ3) is 8.05. The van der Waals surface area contributed by atoms with Crippen molar-refractivity contribution in [1.29, 1.82) is 0 Å². The van der Waals surface area contributed by atoms with Gasteiger partial charge in [-0.15, -0.1) is 0 Å². The van der Waals surface area contributed by atoms with Gasteiger partial charge in [-0.2, -0.15) is 13.2 Å². The van der Waals surface area contributed by atoms with Crippen LogP contribution in [0.5, 0.6) is 0 Å². The van der Waals surface area contributed by atoms with Crippen LogP contribution in [0.1, 0.15) is 5.56 Å². The quantitative estimate of drug-likeness (QED) is 0.661. The van der Waals surface area contributed by atoms with Crippen LogP contribution in [0.4, 0.5) is 18.9 Å². The third-order valence-corrected chi connectivity index (χ3v) is 3.65. The van der Waals surface area contributed by atoms with Crippen LogP contribution in [0.15, 0.2) is 24.3 Å². The van der Waals surface area contributed by atoms with Gasteiger partial charge in [0, 0.05) is 26.2 Å². The number of aliphatic carboxylic acids is 2. The molecule has 1 aliphatic heterocycles. The van der Waals surface area contributed by atoms with E-state index in [9.17, 15) is 18.0 Å². The molecule has 1 aromatic carbocycles. The van der Waals surface area contributed by atoms with Gasteiger partial charge in [0.05, 0.1) is 17.8 Å². The fourth-order valence-electron chi connectivity index (χ4n) is 2.24. The second kappa shape index (κ2) is 9.88. The molecule has 0 atom stereocenters. The van der Waals surface area contributed by atoms with Gasteiger partial charge in [0.1, 0.15) is 0 Å². The molecule has 2 rings (SSSR count). The van der Waals surface area contributed by atoms with Crippen LogP contribution in [-0.2, 0) is 20.6 Å². The number of rotatable bonds is 3. The Morgan fingerprint density at radius 1 is 1.04 bits per heavy atom. The van der Waals surface area contributed by atoms with E-state index in [2.05, 4.69) is 10.2 Å². The fourth-order valence-corrected chi connectivity index (χ4v) is 2.24. The topological polar surface area (TPSA) is 110 Å². The molecule has 1 saturated heterocycles. The molecule has 27 heavy (non-hydrogen) atoms. The van der Waals surface area contributed by atoms with E-state index in [0.29, 0.717) is 0 Å². The SMILES string of the molecule is CN1CCN(CC(=O)Nc2ccccc2C(F)(F)F)CC1.O=C(O)C(=O)O. The highest BCUT2D eigenvalue weighted by molar-refractivity contribution is 6.27. The Morgan fingerprint density at radius 2 is 1.56 bits per heavy atom. The van der Waals surface area contributed by atoms with Crippen molar-refractivity contribution in [3.8, 4) is 0 Å². The van der Waals surface area contributed by atoms with Gasteiger partial charge in [-0.1, -0.05) is 12.1 Å². The van der Waals surface area contributed by atoms with Crippen molar-refractivity contribution in [2.45, 2.75) is 6.18 Å². The van der Waals surface area contributed by atoms with Crippen LogP contribution in [0.2, 0.25) is 0 Å².